The topological polar surface area (TPSA) is 25.8 Å². The van der Waals surface area contributed by atoms with Crippen LogP contribution in [0.25, 0.3) is 33.3 Å². The van der Waals surface area contributed by atoms with Crippen molar-refractivity contribution in [2.75, 3.05) is 0 Å². The van der Waals surface area contributed by atoms with E-state index in [1.54, 1.807) is 6.20 Å². The smallest absolute Gasteiger partial charge is 0.159 e. The van der Waals surface area contributed by atoms with Gasteiger partial charge in [0, 0.05) is 23.3 Å². The molecule has 0 unspecified atom stereocenters. The van der Waals surface area contributed by atoms with E-state index in [1.807, 2.05) is 24.4 Å². The average molecular weight is 282 g/mol. The number of benzene rings is 2. The van der Waals surface area contributed by atoms with Crippen molar-refractivity contribution in [1.29, 1.82) is 0 Å². The number of pyridine rings is 2. The lowest BCUT2D eigenvalue weighted by Crippen LogP contribution is -1.85. The number of fused-ring (bicyclic) bond motifs is 1. The number of hydrogen-bond acceptors (Lipinski definition) is 2. The lowest BCUT2D eigenvalue weighted by atomic mass is 10.0. The van der Waals surface area contributed by atoms with Crippen LogP contribution >= 0.6 is 0 Å². The van der Waals surface area contributed by atoms with Gasteiger partial charge in [0.1, 0.15) is 0 Å². The van der Waals surface area contributed by atoms with Crippen molar-refractivity contribution < 1.29 is 0 Å². The van der Waals surface area contributed by atoms with E-state index in [9.17, 15) is 0 Å². The summed E-state index contributed by atoms with van der Waals surface area (Å²) in [4.78, 5) is 8.69. The third-order valence-corrected chi connectivity index (χ3v) is 3.78. The van der Waals surface area contributed by atoms with Crippen LogP contribution in [0.3, 0.4) is 0 Å². The normalized spacial score (nSPS) is 10.7. The monoisotopic (exact) mass is 282 g/mol. The van der Waals surface area contributed by atoms with Crippen LogP contribution in [0, 0.1) is 0 Å². The molecular weight excluding hydrogens is 268 g/mol. The van der Waals surface area contributed by atoms with Crippen molar-refractivity contribution in [3.05, 3.63) is 85.2 Å². The Morgan fingerprint density at radius 3 is 2.00 bits per heavy atom. The summed E-state index contributed by atoms with van der Waals surface area (Å²) in [7, 11) is 0. The largest absolute Gasteiger partial charge is 0.237 e. The van der Waals surface area contributed by atoms with Crippen LogP contribution in [0.15, 0.2) is 85.2 Å². The van der Waals surface area contributed by atoms with Crippen molar-refractivity contribution in [3.8, 4) is 22.3 Å². The fourth-order valence-corrected chi connectivity index (χ4v) is 2.61. The molecule has 2 aromatic carbocycles. The number of hydrogen-bond donors (Lipinski definition) is 0. The molecule has 0 fully saturated rings. The highest BCUT2D eigenvalue weighted by Gasteiger charge is 2.02. The minimum atomic E-state index is 0.784. The van der Waals surface area contributed by atoms with Crippen molar-refractivity contribution in [3.63, 3.8) is 0 Å². The van der Waals surface area contributed by atoms with Gasteiger partial charge in [-0.05, 0) is 34.9 Å². The van der Waals surface area contributed by atoms with Crippen LogP contribution in [0.4, 0.5) is 0 Å². The van der Waals surface area contributed by atoms with E-state index in [2.05, 4.69) is 64.6 Å². The zero-order chi connectivity index (χ0) is 14.8. The Kier molecular flexibility index (Phi) is 3.13. The summed E-state index contributed by atoms with van der Waals surface area (Å²) in [6.07, 6.45) is 3.65. The first-order valence-electron chi connectivity index (χ1n) is 7.27. The lowest BCUT2D eigenvalue weighted by molar-refractivity contribution is 1.29. The Labute approximate surface area is 129 Å². The van der Waals surface area contributed by atoms with E-state index in [0.717, 1.165) is 22.2 Å². The summed E-state index contributed by atoms with van der Waals surface area (Å²) in [6, 6.07) is 25.1. The first-order valence-corrected chi connectivity index (χ1v) is 7.27. The molecule has 0 N–H and O–H groups in total. The minimum Gasteiger partial charge on any atom is -0.237 e. The van der Waals surface area contributed by atoms with E-state index in [0.29, 0.717) is 0 Å². The second-order valence-electron chi connectivity index (χ2n) is 5.22. The van der Waals surface area contributed by atoms with Crippen molar-refractivity contribution in [2.45, 2.75) is 0 Å². The first-order chi connectivity index (χ1) is 10.9. The molecule has 2 nitrogen and oxygen atoms in total. The van der Waals surface area contributed by atoms with E-state index >= 15 is 0 Å². The second kappa shape index (κ2) is 5.41. The van der Waals surface area contributed by atoms with Gasteiger partial charge in [0.05, 0.1) is 0 Å². The molecule has 0 aliphatic heterocycles. The van der Waals surface area contributed by atoms with Gasteiger partial charge in [0.25, 0.3) is 0 Å². The molecule has 0 saturated heterocycles. The van der Waals surface area contributed by atoms with E-state index in [1.165, 1.54) is 11.1 Å². The van der Waals surface area contributed by atoms with Gasteiger partial charge in [0.2, 0.25) is 0 Å². The van der Waals surface area contributed by atoms with E-state index < -0.39 is 0 Å². The molecule has 0 bridgehead atoms. The van der Waals surface area contributed by atoms with Crippen LogP contribution in [0.2, 0.25) is 0 Å². The quantitative estimate of drug-likeness (QED) is 0.519. The standard InChI is InChI=1S/C20H14N2/c1-2-5-15(6-3-1)16-8-10-17(11-9-16)19-13-18-7-4-12-21-20(18)22-14-19/h1-14H. The van der Waals surface area contributed by atoms with Crippen molar-refractivity contribution >= 4 is 11.0 Å². The highest BCUT2D eigenvalue weighted by molar-refractivity contribution is 5.81. The third-order valence-electron chi connectivity index (χ3n) is 3.78. The Balaban J connectivity index is 1.73. The molecule has 2 heterocycles. The minimum absolute atomic E-state index is 0.784. The van der Waals surface area contributed by atoms with Gasteiger partial charge >= 0.3 is 0 Å². The molecule has 22 heavy (non-hydrogen) atoms. The average Bonchev–Trinajstić information content (AvgIpc) is 2.62. The van der Waals surface area contributed by atoms with Gasteiger partial charge in [-0.3, -0.25) is 0 Å². The Hall–Kier alpha value is -3.00. The maximum Gasteiger partial charge on any atom is 0.159 e. The predicted octanol–water partition coefficient (Wildman–Crippen LogP) is 4.96. The molecule has 0 atom stereocenters. The second-order valence-corrected chi connectivity index (χ2v) is 5.22. The first kappa shape index (κ1) is 12.7. The molecule has 104 valence electrons. The number of aromatic nitrogens is 2. The molecule has 0 radical (unpaired) electrons. The molecule has 0 amide bonds. The summed E-state index contributed by atoms with van der Waals surface area (Å²) in [5.74, 6) is 0. The van der Waals surface area contributed by atoms with Gasteiger partial charge in [-0.2, -0.15) is 0 Å². The predicted molar refractivity (Wildman–Crippen MR) is 90.4 cm³/mol. The Morgan fingerprint density at radius 1 is 0.545 bits per heavy atom. The summed E-state index contributed by atoms with van der Waals surface area (Å²) in [5, 5.41) is 1.06. The molecule has 4 rings (SSSR count). The van der Waals surface area contributed by atoms with Gasteiger partial charge in [-0.15, -0.1) is 0 Å². The zero-order valence-corrected chi connectivity index (χ0v) is 12.0. The van der Waals surface area contributed by atoms with Crippen LogP contribution in [0.5, 0.6) is 0 Å². The van der Waals surface area contributed by atoms with Crippen LogP contribution in [0.1, 0.15) is 0 Å². The highest BCUT2D eigenvalue weighted by Crippen LogP contribution is 2.25. The van der Waals surface area contributed by atoms with E-state index in [4.69, 9.17) is 0 Å². The van der Waals surface area contributed by atoms with E-state index in [-0.39, 0.29) is 0 Å². The molecule has 0 aliphatic rings. The Morgan fingerprint density at radius 2 is 1.23 bits per heavy atom. The van der Waals surface area contributed by atoms with Crippen LogP contribution in [-0.2, 0) is 0 Å². The molecule has 0 spiro atoms. The molecular formula is C20H14N2. The number of nitrogens with zero attached hydrogens (tertiary/aromatic N) is 2. The molecule has 4 aromatic rings. The van der Waals surface area contributed by atoms with Crippen molar-refractivity contribution in [2.24, 2.45) is 0 Å². The summed E-state index contributed by atoms with van der Waals surface area (Å²) in [6.45, 7) is 0. The molecule has 0 saturated carbocycles. The third kappa shape index (κ3) is 2.35. The molecule has 2 heteroatoms. The van der Waals surface area contributed by atoms with Crippen LogP contribution in [-0.4, -0.2) is 9.97 Å². The Bertz CT molecular complexity index is 913. The molecule has 0 aliphatic carbocycles. The number of rotatable bonds is 2. The summed E-state index contributed by atoms with van der Waals surface area (Å²) in [5.41, 5.74) is 5.51. The molecule has 2 aromatic heterocycles. The highest BCUT2D eigenvalue weighted by atomic mass is 14.8. The fourth-order valence-electron chi connectivity index (χ4n) is 2.61. The van der Waals surface area contributed by atoms with Gasteiger partial charge in [-0.25, -0.2) is 9.97 Å². The van der Waals surface area contributed by atoms with Gasteiger partial charge in [-0.1, -0.05) is 54.6 Å². The SMILES string of the molecule is c1ccc(-c2ccc(-c3cnc4ncccc4c3)cc2)cc1. The summed E-state index contributed by atoms with van der Waals surface area (Å²) >= 11 is 0. The maximum atomic E-state index is 4.43. The zero-order valence-electron chi connectivity index (χ0n) is 12.0. The fraction of sp³-hybridized carbons (Fsp3) is 0. The summed E-state index contributed by atoms with van der Waals surface area (Å²) < 4.78 is 0. The van der Waals surface area contributed by atoms with Crippen LogP contribution < -0.4 is 0 Å². The van der Waals surface area contributed by atoms with Crippen molar-refractivity contribution in [1.82, 2.24) is 9.97 Å². The van der Waals surface area contributed by atoms with Gasteiger partial charge < -0.3 is 0 Å². The lowest BCUT2D eigenvalue weighted by Gasteiger charge is -2.05. The van der Waals surface area contributed by atoms with Gasteiger partial charge in [0.15, 0.2) is 5.65 Å². The maximum absolute atomic E-state index is 4.43.